The van der Waals surface area contributed by atoms with Gasteiger partial charge in [-0.3, -0.25) is 4.79 Å². The number of pyridine rings is 1. The first-order chi connectivity index (χ1) is 8.00. The van der Waals surface area contributed by atoms with Crippen LogP contribution < -0.4 is 5.56 Å². The number of hydrogen-bond donors (Lipinski definition) is 0. The van der Waals surface area contributed by atoms with E-state index < -0.39 is 0 Å². The molecule has 2 nitrogen and oxygen atoms in total. The number of aromatic nitrogens is 1. The van der Waals surface area contributed by atoms with Crippen molar-refractivity contribution in [3.05, 3.63) is 55.6 Å². The SMILES string of the molecule is Cc1cc(F)ccc1-c1[c-]cc(I)c(=O)n1C.[Y]. The smallest absolute Gasteiger partial charge is 0.207 e. The second kappa shape index (κ2) is 6.39. The Bertz CT molecular complexity index is 639. The Balaban J connectivity index is 0.00000162. The van der Waals surface area contributed by atoms with Crippen LogP contribution in [0.3, 0.4) is 0 Å². The first kappa shape index (κ1) is 16.0. The number of hydrogen-bond acceptors (Lipinski definition) is 1. The van der Waals surface area contributed by atoms with Crippen molar-refractivity contribution in [2.45, 2.75) is 6.92 Å². The third kappa shape index (κ3) is 3.09. The van der Waals surface area contributed by atoms with Gasteiger partial charge in [0, 0.05) is 39.8 Å². The molecule has 0 unspecified atom stereocenters. The molecule has 0 N–H and O–H groups in total. The fraction of sp³-hybridized carbons (Fsp3) is 0.154. The minimum absolute atomic E-state index is 0. The van der Waals surface area contributed by atoms with E-state index in [1.165, 1.54) is 16.7 Å². The maximum absolute atomic E-state index is 13.0. The maximum atomic E-state index is 13.0. The molecule has 2 rings (SSSR count). The Labute approximate surface area is 144 Å². The van der Waals surface area contributed by atoms with Crippen LogP contribution in [-0.4, -0.2) is 4.57 Å². The van der Waals surface area contributed by atoms with Crippen LogP contribution in [0, 0.1) is 22.4 Å². The second-order valence-corrected chi connectivity index (χ2v) is 4.97. The minimum Gasteiger partial charge on any atom is -0.345 e. The van der Waals surface area contributed by atoms with Gasteiger partial charge in [0.25, 0.3) is 0 Å². The molecule has 0 saturated carbocycles. The van der Waals surface area contributed by atoms with Crippen LogP contribution >= 0.6 is 22.6 Å². The van der Waals surface area contributed by atoms with Gasteiger partial charge in [-0.15, -0.1) is 28.7 Å². The molecule has 0 bridgehead atoms. The fourth-order valence-corrected chi connectivity index (χ4v) is 2.22. The summed E-state index contributed by atoms with van der Waals surface area (Å²) in [6.45, 7) is 1.81. The van der Waals surface area contributed by atoms with E-state index in [2.05, 4.69) is 6.07 Å². The molecule has 1 radical (unpaired) electrons. The number of halogens is 2. The molecule has 0 aliphatic carbocycles. The largest absolute Gasteiger partial charge is 0.345 e. The van der Waals surface area contributed by atoms with Crippen LogP contribution in [0.25, 0.3) is 11.3 Å². The van der Waals surface area contributed by atoms with Crippen molar-refractivity contribution >= 4 is 22.6 Å². The summed E-state index contributed by atoms with van der Waals surface area (Å²) in [6, 6.07) is 9.22. The molecule has 0 spiro atoms. The van der Waals surface area contributed by atoms with E-state index >= 15 is 0 Å². The van der Waals surface area contributed by atoms with Crippen LogP contribution in [0.5, 0.6) is 0 Å². The first-order valence-corrected chi connectivity index (χ1v) is 6.12. The first-order valence-electron chi connectivity index (χ1n) is 5.04. The summed E-state index contributed by atoms with van der Waals surface area (Å²) in [6.07, 6.45) is 0. The second-order valence-electron chi connectivity index (χ2n) is 3.81. The van der Waals surface area contributed by atoms with Gasteiger partial charge in [0.05, 0.1) is 0 Å². The predicted molar refractivity (Wildman–Crippen MR) is 73.4 cm³/mol. The summed E-state index contributed by atoms with van der Waals surface area (Å²) >= 11 is 1.98. The summed E-state index contributed by atoms with van der Waals surface area (Å²) in [5.41, 5.74) is 2.22. The third-order valence-corrected chi connectivity index (χ3v) is 3.40. The Hall–Kier alpha value is -0.0661. The van der Waals surface area contributed by atoms with Gasteiger partial charge in [-0.25, -0.2) is 4.39 Å². The van der Waals surface area contributed by atoms with E-state index in [0.717, 1.165) is 11.1 Å². The van der Waals surface area contributed by atoms with Crippen molar-refractivity contribution in [1.82, 2.24) is 4.57 Å². The molecule has 1 aromatic carbocycles. The molecule has 5 heteroatoms. The van der Waals surface area contributed by atoms with E-state index in [1.807, 2.05) is 29.5 Å². The van der Waals surface area contributed by atoms with Gasteiger partial charge < -0.3 is 4.57 Å². The van der Waals surface area contributed by atoms with Crippen molar-refractivity contribution in [3.8, 4) is 11.3 Å². The molecule has 18 heavy (non-hydrogen) atoms. The summed E-state index contributed by atoms with van der Waals surface area (Å²) in [7, 11) is 1.69. The molecule has 91 valence electrons. The van der Waals surface area contributed by atoms with Crippen LogP contribution in [0.2, 0.25) is 0 Å². The van der Waals surface area contributed by atoms with Crippen molar-refractivity contribution in [3.63, 3.8) is 0 Å². The Morgan fingerprint density at radius 3 is 2.67 bits per heavy atom. The van der Waals surface area contributed by atoms with Crippen molar-refractivity contribution in [2.24, 2.45) is 7.05 Å². The van der Waals surface area contributed by atoms with Crippen LogP contribution in [0.4, 0.5) is 4.39 Å². The quantitative estimate of drug-likeness (QED) is 0.503. The third-order valence-electron chi connectivity index (χ3n) is 2.62. The van der Waals surface area contributed by atoms with Crippen molar-refractivity contribution in [1.29, 1.82) is 0 Å². The van der Waals surface area contributed by atoms with Crippen LogP contribution in [-0.2, 0) is 39.8 Å². The number of aryl methyl sites for hydroxylation is 1. The summed E-state index contributed by atoms with van der Waals surface area (Å²) in [5.74, 6) is -0.276. The van der Waals surface area contributed by atoms with Gasteiger partial charge in [-0.2, -0.15) is 12.1 Å². The maximum Gasteiger partial charge on any atom is 0.207 e. The average molecular weight is 431 g/mol. The molecule has 0 saturated heterocycles. The molecule has 0 amide bonds. The Morgan fingerprint density at radius 1 is 1.39 bits per heavy atom. The number of nitrogens with zero attached hydrogens (tertiary/aromatic N) is 1. The molecule has 2 aromatic rings. The topological polar surface area (TPSA) is 22.0 Å². The van der Waals surface area contributed by atoms with E-state index in [4.69, 9.17) is 0 Å². The zero-order valence-electron chi connectivity index (χ0n) is 10.00. The van der Waals surface area contributed by atoms with Crippen molar-refractivity contribution in [2.75, 3.05) is 0 Å². The molecule has 0 fully saturated rings. The van der Waals surface area contributed by atoms with Gasteiger partial charge in [0.15, 0.2) is 0 Å². The fourth-order valence-electron chi connectivity index (χ4n) is 1.70. The minimum atomic E-state index is -0.276. The van der Waals surface area contributed by atoms with Crippen LogP contribution in [0.1, 0.15) is 5.56 Å². The molecular formula is C13H10FINOY-. The van der Waals surface area contributed by atoms with Gasteiger partial charge >= 0.3 is 0 Å². The Morgan fingerprint density at radius 2 is 2.06 bits per heavy atom. The van der Waals surface area contributed by atoms with Crippen LogP contribution in [0.15, 0.2) is 29.1 Å². The monoisotopic (exact) mass is 431 g/mol. The standard InChI is InChI=1S/C13H10FINO.Y/c1-8-7-9(14)3-4-10(8)12-6-5-11(15)13(17)16(12)2;/h3-5,7H,1-2H3;/q-1;. The van der Waals surface area contributed by atoms with Gasteiger partial charge in [-0.05, 0) is 15.7 Å². The Kier molecular flexibility index (Phi) is 5.68. The average Bonchev–Trinajstić information content (AvgIpc) is 2.28. The summed E-state index contributed by atoms with van der Waals surface area (Å²) in [5, 5.41) is 0. The predicted octanol–water partition coefficient (Wildman–Crippen LogP) is 2.90. The zero-order valence-corrected chi connectivity index (χ0v) is 15.0. The molecule has 0 aliphatic heterocycles. The normalized spacial score (nSPS) is 10.0. The van der Waals surface area contributed by atoms with Gasteiger partial charge in [-0.1, -0.05) is 23.7 Å². The van der Waals surface area contributed by atoms with Gasteiger partial charge in [0.2, 0.25) is 5.56 Å². The summed E-state index contributed by atoms with van der Waals surface area (Å²) < 4.78 is 15.2. The number of benzene rings is 1. The molecular weight excluding hydrogens is 421 g/mol. The molecule has 1 aromatic heterocycles. The van der Waals surface area contributed by atoms with Crippen molar-refractivity contribution < 1.29 is 37.1 Å². The van der Waals surface area contributed by atoms with E-state index in [9.17, 15) is 9.18 Å². The number of rotatable bonds is 1. The van der Waals surface area contributed by atoms with E-state index in [1.54, 1.807) is 19.2 Å². The molecule has 1 heterocycles. The summed E-state index contributed by atoms with van der Waals surface area (Å²) in [4.78, 5) is 11.8. The molecule has 0 atom stereocenters. The van der Waals surface area contributed by atoms with Gasteiger partial charge in [0.1, 0.15) is 5.82 Å². The van der Waals surface area contributed by atoms with E-state index in [-0.39, 0.29) is 44.1 Å². The molecule has 0 aliphatic rings. The zero-order chi connectivity index (χ0) is 12.6. The van der Waals surface area contributed by atoms with E-state index in [0.29, 0.717) is 9.26 Å².